The highest BCUT2D eigenvalue weighted by molar-refractivity contribution is 8.02. The largest absolute Gasteiger partial charge is 0.506 e. The molecule has 0 aliphatic carbocycles. The van der Waals surface area contributed by atoms with Crippen LogP contribution in [0.3, 0.4) is 0 Å². The first kappa shape index (κ1) is 14.7. The van der Waals surface area contributed by atoms with Crippen LogP contribution in [-0.4, -0.2) is 20.1 Å². The first-order valence-electron chi connectivity index (χ1n) is 6.51. The van der Waals surface area contributed by atoms with E-state index in [1.807, 2.05) is 6.07 Å². The zero-order valence-electron chi connectivity index (χ0n) is 11.8. The molecular formula is C16H13NO3S2. The monoisotopic (exact) mass is 331 g/mol. The second-order valence-electron chi connectivity index (χ2n) is 4.85. The summed E-state index contributed by atoms with van der Waals surface area (Å²) in [5.74, 6) is 2.15. The van der Waals surface area contributed by atoms with Gasteiger partial charge < -0.3 is 5.11 Å². The zero-order valence-corrected chi connectivity index (χ0v) is 13.4. The van der Waals surface area contributed by atoms with Crippen molar-refractivity contribution in [2.24, 2.45) is 0 Å². The maximum atomic E-state index is 12.9. The second-order valence-corrected chi connectivity index (χ2v) is 7.54. The molecule has 0 saturated carbocycles. The van der Waals surface area contributed by atoms with Gasteiger partial charge in [-0.05, 0) is 23.9 Å². The summed E-state index contributed by atoms with van der Waals surface area (Å²) in [5.41, 5.74) is 1.75. The van der Waals surface area contributed by atoms with Gasteiger partial charge in [-0.2, -0.15) is 0 Å². The molecule has 2 heterocycles. The number of hydrogen-bond donors (Lipinski definition) is 1. The highest BCUT2D eigenvalue weighted by Gasteiger charge is 2.39. The number of nitrogens with zero attached hydrogens (tertiary/aromatic N) is 1. The molecule has 0 amide bonds. The minimum atomic E-state index is -3.90. The summed E-state index contributed by atoms with van der Waals surface area (Å²) in [6.45, 7) is 1.73. The van der Waals surface area contributed by atoms with Gasteiger partial charge in [0.1, 0.15) is 15.7 Å². The van der Waals surface area contributed by atoms with Crippen molar-refractivity contribution < 1.29 is 13.5 Å². The summed E-state index contributed by atoms with van der Waals surface area (Å²) < 4.78 is 27.1. The van der Waals surface area contributed by atoms with Gasteiger partial charge in [-0.25, -0.2) is 12.7 Å². The van der Waals surface area contributed by atoms with Gasteiger partial charge in [0.25, 0.3) is 10.0 Å². The Balaban J connectivity index is 2.36. The molecule has 1 aliphatic heterocycles. The van der Waals surface area contributed by atoms with Crippen molar-refractivity contribution in [3.63, 3.8) is 0 Å². The third-order valence-electron chi connectivity index (χ3n) is 3.51. The standard InChI is InChI=1S/C16H13NO3S2/c1-3-9-17-16-13(8-10-21-16)14(18)15(22(17,19)20)12-7-5-4-6-11(12)2/h1,4-8,10,18H,9H2,2H3. The number of aryl methyl sites for hydroxylation is 1. The highest BCUT2D eigenvalue weighted by atomic mass is 32.2. The number of hydrogen-bond acceptors (Lipinski definition) is 4. The van der Waals surface area contributed by atoms with E-state index in [9.17, 15) is 13.5 Å². The normalized spacial score (nSPS) is 16.3. The molecule has 2 aromatic rings. The van der Waals surface area contributed by atoms with Crippen molar-refractivity contribution in [3.05, 3.63) is 52.4 Å². The number of sulfonamides is 1. The summed E-state index contributed by atoms with van der Waals surface area (Å²) in [5, 5.41) is 12.7. The number of fused-ring (bicyclic) bond motifs is 1. The van der Waals surface area contributed by atoms with Gasteiger partial charge in [-0.3, -0.25) is 0 Å². The maximum Gasteiger partial charge on any atom is 0.270 e. The lowest BCUT2D eigenvalue weighted by Gasteiger charge is -2.28. The van der Waals surface area contributed by atoms with Gasteiger partial charge >= 0.3 is 0 Å². The molecule has 0 fully saturated rings. The SMILES string of the molecule is C#CCN1c2sccc2C(O)=C(c2ccccc2C)S1(=O)=O. The third-order valence-corrected chi connectivity index (χ3v) is 6.39. The molecule has 6 heteroatoms. The van der Waals surface area contributed by atoms with E-state index >= 15 is 0 Å². The topological polar surface area (TPSA) is 57.6 Å². The van der Waals surface area contributed by atoms with E-state index in [0.717, 1.165) is 5.56 Å². The summed E-state index contributed by atoms with van der Waals surface area (Å²) >= 11 is 1.24. The zero-order chi connectivity index (χ0) is 15.9. The van der Waals surface area contributed by atoms with Gasteiger partial charge in [0.15, 0.2) is 0 Å². The minimum absolute atomic E-state index is 0.0709. The molecule has 0 atom stereocenters. The lowest BCUT2D eigenvalue weighted by Crippen LogP contribution is -2.34. The molecule has 1 aliphatic rings. The molecule has 0 bridgehead atoms. The Morgan fingerprint density at radius 3 is 2.68 bits per heavy atom. The molecule has 0 unspecified atom stereocenters. The summed E-state index contributed by atoms with van der Waals surface area (Å²) in [6, 6.07) is 8.75. The van der Waals surface area contributed by atoms with Crippen LogP contribution in [0.5, 0.6) is 0 Å². The predicted molar refractivity (Wildman–Crippen MR) is 90.0 cm³/mol. The van der Waals surface area contributed by atoms with Crippen LogP contribution in [0, 0.1) is 19.3 Å². The van der Waals surface area contributed by atoms with E-state index in [0.29, 0.717) is 16.1 Å². The predicted octanol–water partition coefficient (Wildman–Crippen LogP) is 3.22. The minimum Gasteiger partial charge on any atom is -0.506 e. The fourth-order valence-electron chi connectivity index (χ4n) is 2.47. The average Bonchev–Trinajstić information content (AvgIpc) is 2.95. The van der Waals surface area contributed by atoms with Gasteiger partial charge in [0, 0.05) is 5.56 Å². The molecule has 0 spiro atoms. The smallest absolute Gasteiger partial charge is 0.270 e. The van der Waals surface area contributed by atoms with Gasteiger partial charge in [0.05, 0.1) is 12.1 Å². The number of rotatable bonds is 2. The number of aliphatic hydroxyl groups excluding tert-OH is 1. The average molecular weight is 331 g/mol. The fourth-order valence-corrected chi connectivity index (χ4v) is 5.35. The van der Waals surface area contributed by atoms with Gasteiger partial charge in [-0.1, -0.05) is 30.2 Å². The Hall–Kier alpha value is -2.23. The summed E-state index contributed by atoms with van der Waals surface area (Å²) in [4.78, 5) is -0.0910. The molecular weight excluding hydrogens is 318 g/mol. The molecule has 0 radical (unpaired) electrons. The molecule has 1 N–H and O–H groups in total. The van der Waals surface area contributed by atoms with E-state index in [2.05, 4.69) is 5.92 Å². The lowest BCUT2D eigenvalue weighted by atomic mass is 10.1. The maximum absolute atomic E-state index is 12.9. The fraction of sp³-hybridized carbons (Fsp3) is 0.125. The Bertz CT molecular complexity index is 917. The van der Waals surface area contributed by atoms with Crippen LogP contribution < -0.4 is 4.31 Å². The quantitative estimate of drug-likeness (QED) is 0.860. The molecule has 112 valence electrons. The molecule has 0 saturated heterocycles. The number of aliphatic hydroxyl groups is 1. The molecule has 22 heavy (non-hydrogen) atoms. The molecule has 1 aromatic heterocycles. The van der Waals surface area contributed by atoms with Crippen molar-refractivity contribution in [2.45, 2.75) is 6.92 Å². The van der Waals surface area contributed by atoms with Crippen LogP contribution in [0.4, 0.5) is 5.00 Å². The van der Waals surface area contributed by atoms with E-state index in [1.165, 1.54) is 15.6 Å². The van der Waals surface area contributed by atoms with E-state index in [4.69, 9.17) is 6.42 Å². The van der Waals surface area contributed by atoms with Crippen molar-refractivity contribution >= 4 is 37.0 Å². The molecule has 1 aromatic carbocycles. The second kappa shape index (κ2) is 5.20. The molecule has 4 nitrogen and oxygen atoms in total. The van der Waals surface area contributed by atoms with Crippen LogP contribution in [0.25, 0.3) is 10.7 Å². The van der Waals surface area contributed by atoms with Crippen LogP contribution in [0.1, 0.15) is 16.7 Å². The number of terminal acetylenes is 1. The Morgan fingerprint density at radius 1 is 1.27 bits per heavy atom. The van der Waals surface area contributed by atoms with Crippen molar-refractivity contribution in [2.75, 3.05) is 10.8 Å². The number of thiophene rings is 1. The summed E-state index contributed by atoms with van der Waals surface area (Å²) in [6.07, 6.45) is 5.32. The number of benzene rings is 1. The van der Waals surface area contributed by atoms with E-state index in [-0.39, 0.29) is 17.2 Å². The van der Waals surface area contributed by atoms with Crippen molar-refractivity contribution in [1.29, 1.82) is 0 Å². The van der Waals surface area contributed by atoms with Crippen LogP contribution in [-0.2, 0) is 10.0 Å². The highest BCUT2D eigenvalue weighted by Crippen LogP contribution is 2.45. The Morgan fingerprint density at radius 2 is 2.00 bits per heavy atom. The molecule has 3 rings (SSSR count). The first-order valence-corrected chi connectivity index (χ1v) is 8.83. The lowest BCUT2D eigenvalue weighted by molar-refractivity contribution is 0.513. The van der Waals surface area contributed by atoms with Crippen LogP contribution >= 0.6 is 11.3 Å². The van der Waals surface area contributed by atoms with Gasteiger partial charge in [-0.15, -0.1) is 17.8 Å². The van der Waals surface area contributed by atoms with E-state index < -0.39 is 10.0 Å². The van der Waals surface area contributed by atoms with Crippen LogP contribution in [0.15, 0.2) is 35.7 Å². The van der Waals surface area contributed by atoms with Gasteiger partial charge in [0.2, 0.25) is 0 Å². The van der Waals surface area contributed by atoms with Crippen molar-refractivity contribution in [1.82, 2.24) is 0 Å². The number of anilines is 1. The summed E-state index contributed by atoms with van der Waals surface area (Å²) in [7, 11) is -3.90. The Kier molecular flexibility index (Phi) is 3.47. The Labute approximate surface area is 133 Å². The van der Waals surface area contributed by atoms with Crippen molar-refractivity contribution in [3.8, 4) is 12.3 Å². The van der Waals surface area contributed by atoms with E-state index in [1.54, 1.807) is 36.6 Å². The first-order chi connectivity index (χ1) is 10.5. The third kappa shape index (κ3) is 2.02. The van der Waals surface area contributed by atoms with Crippen LogP contribution in [0.2, 0.25) is 0 Å².